The highest BCUT2D eigenvalue weighted by atomic mass is 35.5. The van der Waals surface area contributed by atoms with Gasteiger partial charge in [0.25, 0.3) is 10.0 Å². The molecule has 7 nitrogen and oxygen atoms in total. The summed E-state index contributed by atoms with van der Waals surface area (Å²) in [5, 5.41) is 3.87. The number of hydrogen-bond acceptors (Lipinski definition) is 4. The first-order chi connectivity index (χ1) is 19.4. The van der Waals surface area contributed by atoms with Crippen LogP contribution in [0.1, 0.15) is 39.2 Å². The Morgan fingerprint density at radius 2 is 1.49 bits per heavy atom. The summed E-state index contributed by atoms with van der Waals surface area (Å²) in [7, 11) is -4.28. The number of carbonyl (C=O) groups is 2. The van der Waals surface area contributed by atoms with Gasteiger partial charge in [-0.05, 0) is 62.2 Å². The fraction of sp³-hybridized carbons (Fsp3) is 0.310. The SMILES string of the molecule is CC[C@@H](C)NC(=O)[C@@H](CC)N(Cc1c(Cl)cccc1Cl)C(=O)CN(c1ccc(Cl)cc1Cl)S(=O)(=O)c1ccccc1. The maximum Gasteiger partial charge on any atom is 0.264 e. The van der Waals surface area contributed by atoms with Gasteiger partial charge >= 0.3 is 0 Å². The van der Waals surface area contributed by atoms with Crippen LogP contribution in [0.15, 0.2) is 71.6 Å². The number of rotatable bonds is 12. The lowest BCUT2D eigenvalue weighted by atomic mass is 10.1. The molecule has 0 saturated carbocycles. The summed E-state index contributed by atoms with van der Waals surface area (Å²) < 4.78 is 28.7. The first-order valence-corrected chi connectivity index (χ1v) is 15.9. The molecule has 2 atom stereocenters. The van der Waals surface area contributed by atoms with Crippen LogP contribution < -0.4 is 9.62 Å². The third-order valence-electron chi connectivity index (χ3n) is 6.57. The number of nitrogens with one attached hydrogen (secondary N) is 1. The topological polar surface area (TPSA) is 86.8 Å². The molecule has 3 aromatic rings. The highest BCUT2D eigenvalue weighted by Crippen LogP contribution is 2.33. The smallest absolute Gasteiger partial charge is 0.264 e. The van der Waals surface area contributed by atoms with Crippen LogP contribution in [0.2, 0.25) is 20.1 Å². The van der Waals surface area contributed by atoms with Crippen LogP contribution in [0.3, 0.4) is 0 Å². The van der Waals surface area contributed by atoms with Crippen molar-refractivity contribution in [2.75, 3.05) is 10.8 Å². The molecule has 0 aliphatic carbocycles. The molecule has 0 aromatic heterocycles. The number of amides is 2. The van der Waals surface area contributed by atoms with Crippen molar-refractivity contribution in [1.29, 1.82) is 0 Å². The van der Waals surface area contributed by atoms with Crippen molar-refractivity contribution in [3.8, 4) is 0 Å². The highest BCUT2D eigenvalue weighted by Gasteiger charge is 2.35. The second-order valence-electron chi connectivity index (χ2n) is 9.38. The van der Waals surface area contributed by atoms with Crippen LogP contribution >= 0.6 is 46.4 Å². The third-order valence-corrected chi connectivity index (χ3v) is 9.59. The highest BCUT2D eigenvalue weighted by molar-refractivity contribution is 7.92. The lowest BCUT2D eigenvalue weighted by Gasteiger charge is -2.34. The molecule has 220 valence electrons. The number of benzene rings is 3. The summed E-state index contributed by atoms with van der Waals surface area (Å²) in [5.74, 6) is -1.03. The van der Waals surface area contributed by atoms with Crippen molar-refractivity contribution in [1.82, 2.24) is 10.2 Å². The quantitative estimate of drug-likeness (QED) is 0.223. The molecule has 0 fully saturated rings. The molecule has 0 bridgehead atoms. The number of anilines is 1. The standard InChI is InChI=1S/C29H31Cl4N3O4S/c1-4-19(3)34-29(38)26(5-2)35(17-22-23(31)12-9-13-24(22)32)28(37)18-36(27-15-14-20(30)16-25(27)33)41(39,40)21-10-7-6-8-11-21/h6-16,19,26H,4-5,17-18H2,1-3H3,(H,34,38)/t19-,26-/m1/s1. The minimum absolute atomic E-state index is 0.0343. The maximum atomic E-state index is 14.2. The van der Waals surface area contributed by atoms with Crippen LogP contribution in [0.4, 0.5) is 5.69 Å². The van der Waals surface area contributed by atoms with E-state index < -0.39 is 28.5 Å². The Balaban J connectivity index is 2.12. The van der Waals surface area contributed by atoms with Gasteiger partial charge in [-0.3, -0.25) is 13.9 Å². The van der Waals surface area contributed by atoms with E-state index in [1.54, 1.807) is 43.3 Å². The fourth-order valence-corrected chi connectivity index (χ4v) is 6.66. The van der Waals surface area contributed by atoms with Gasteiger partial charge in [0.15, 0.2) is 0 Å². The molecule has 0 aliphatic heterocycles. The molecule has 0 heterocycles. The minimum Gasteiger partial charge on any atom is -0.352 e. The van der Waals surface area contributed by atoms with Crippen LogP contribution in [-0.2, 0) is 26.2 Å². The van der Waals surface area contributed by atoms with Crippen LogP contribution in [-0.4, -0.2) is 43.8 Å². The van der Waals surface area contributed by atoms with E-state index in [4.69, 9.17) is 46.4 Å². The van der Waals surface area contributed by atoms with Gasteiger partial charge < -0.3 is 10.2 Å². The van der Waals surface area contributed by atoms with Crippen molar-refractivity contribution < 1.29 is 18.0 Å². The molecular weight excluding hydrogens is 628 g/mol. The Hall–Kier alpha value is -2.49. The summed E-state index contributed by atoms with van der Waals surface area (Å²) in [6, 6.07) is 15.8. The van der Waals surface area contributed by atoms with Gasteiger partial charge in [-0.15, -0.1) is 0 Å². The summed E-state index contributed by atoms with van der Waals surface area (Å²) in [4.78, 5) is 28.8. The number of carbonyl (C=O) groups excluding carboxylic acids is 2. The summed E-state index contributed by atoms with van der Waals surface area (Å²) in [5.41, 5.74) is 0.488. The molecule has 1 N–H and O–H groups in total. The predicted molar refractivity (Wildman–Crippen MR) is 166 cm³/mol. The number of sulfonamides is 1. The van der Waals surface area contributed by atoms with Crippen LogP contribution in [0.5, 0.6) is 0 Å². The summed E-state index contributed by atoms with van der Waals surface area (Å²) in [6.45, 7) is 4.77. The first kappa shape index (κ1) is 33.0. The lowest BCUT2D eigenvalue weighted by Crippen LogP contribution is -2.53. The van der Waals surface area contributed by atoms with Crippen molar-refractivity contribution in [3.63, 3.8) is 0 Å². The number of halogens is 4. The van der Waals surface area contributed by atoms with Crippen molar-refractivity contribution in [2.45, 2.75) is 57.1 Å². The lowest BCUT2D eigenvalue weighted by molar-refractivity contribution is -0.140. The summed E-state index contributed by atoms with van der Waals surface area (Å²) in [6.07, 6.45) is 0.938. The zero-order valence-corrected chi connectivity index (χ0v) is 26.6. The number of hydrogen-bond donors (Lipinski definition) is 1. The van der Waals surface area contributed by atoms with Gasteiger partial charge in [-0.25, -0.2) is 8.42 Å². The Bertz CT molecular complexity index is 1470. The monoisotopic (exact) mass is 657 g/mol. The average Bonchev–Trinajstić information content (AvgIpc) is 2.93. The molecule has 0 radical (unpaired) electrons. The molecule has 12 heteroatoms. The van der Waals surface area contributed by atoms with E-state index in [0.29, 0.717) is 27.1 Å². The van der Waals surface area contributed by atoms with Gasteiger partial charge in [0.1, 0.15) is 12.6 Å². The normalized spacial score (nSPS) is 12.9. The van der Waals surface area contributed by atoms with Crippen LogP contribution in [0.25, 0.3) is 0 Å². The van der Waals surface area contributed by atoms with E-state index in [9.17, 15) is 18.0 Å². The number of nitrogens with zero attached hydrogens (tertiary/aromatic N) is 2. The zero-order chi connectivity index (χ0) is 30.3. The Morgan fingerprint density at radius 3 is 2.05 bits per heavy atom. The van der Waals surface area contributed by atoms with Gasteiger partial charge in [0, 0.05) is 33.2 Å². The fourth-order valence-electron chi connectivity index (χ4n) is 4.13. The van der Waals surface area contributed by atoms with E-state index in [2.05, 4.69) is 5.32 Å². The summed E-state index contributed by atoms with van der Waals surface area (Å²) >= 11 is 25.4. The average molecular weight is 659 g/mol. The van der Waals surface area contributed by atoms with E-state index >= 15 is 0 Å². The van der Waals surface area contributed by atoms with E-state index in [-0.39, 0.29) is 40.5 Å². The van der Waals surface area contributed by atoms with E-state index in [1.165, 1.54) is 35.2 Å². The minimum atomic E-state index is -4.28. The Labute approximate surface area is 261 Å². The van der Waals surface area contributed by atoms with E-state index in [0.717, 1.165) is 4.31 Å². The molecule has 2 amide bonds. The Morgan fingerprint density at radius 1 is 0.854 bits per heavy atom. The maximum absolute atomic E-state index is 14.2. The van der Waals surface area contributed by atoms with Gasteiger partial charge in [0.2, 0.25) is 11.8 Å². The van der Waals surface area contributed by atoms with Crippen molar-refractivity contribution in [2.24, 2.45) is 0 Å². The van der Waals surface area contributed by atoms with Crippen LogP contribution in [0, 0.1) is 0 Å². The molecule has 0 spiro atoms. The second kappa shape index (κ2) is 14.6. The molecule has 0 saturated heterocycles. The largest absolute Gasteiger partial charge is 0.352 e. The van der Waals surface area contributed by atoms with E-state index in [1.807, 2.05) is 13.8 Å². The molecular formula is C29H31Cl4N3O4S. The molecule has 3 aromatic carbocycles. The molecule has 3 rings (SSSR count). The van der Waals surface area contributed by atoms with Crippen molar-refractivity contribution in [3.05, 3.63) is 92.4 Å². The predicted octanol–water partition coefficient (Wildman–Crippen LogP) is 7.22. The van der Waals surface area contributed by atoms with Crippen molar-refractivity contribution >= 4 is 73.9 Å². The third kappa shape index (κ3) is 8.08. The Kier molecular flexibility index (Phi) is 11.8. The van der Waals surface area contributed by atoms with Gasteiger partial charge in [-0.2, -0.15) is 0 Å². The first-order valence-electron chi connectivity index (χ1n) is 13.0. The zero-order valence-electron chi connectivity index (χ0n) is 22.8. The molecule has 41 heavy (non-hydrogen) atoms. The van der Waals surface area contributed by atoms with Gasteiger partial charge in [0.05, 0.1) is 15.6 Å². The molecule has 0 unspecified atom stereocenters. The molecule has 0 aliphatic rings. The second-order valence-corrected chi connectivity index (χ2v) is 12.9. The van der Waals surface area contributed by atoms with Gasteiger partial charge in [-0.1, -0.05) is 84.5 Å².